The predicted molar refractivity (Wildman–Crippen MR) is 89.1 cm³/mol. The molecule has 2 heterocycles. The largest absolute Gasteiger partial charge is 0.469 e. The van der Waals surface area contributed by atoms with E-state index in [1.54, 1.807) is 0 Å². The van der Waals surface area contributed by atoms with Crippen molar-refractivity contribution in [3.05, 3.63) is 0 Å². The van der Waals surface area contributed by atoms with Crippen molar-refractivity contribution >= 4 is 11.9 Å². The molecule has 0 aromatic carbocycles. The molecule has 0 radical (unpaired) electrons. The first-order valence-corrected chi connectivity index (χ1v) is 9.11. The number of nitrogens with zero attached hydrogens (tertiary/aromatic N) is 1. The van der Waals surface area contributed by atoms with Gasteiger partial charge in [-0.1, -0.05) is 0 Å². The highest BCUT2D eigenvalue weighted by Crippen LogP contribution is 2.30. The topological polar surface area (TPSA) is 94.7 Å². The van der Waals surface area contributed by atoms with E-state index in [-0.39, 0.29) is 24.9 Å². The number of nitrogens with one attached hydrogen (secondary N) is 4. The number of hydrogen-bond acceptors (Lipinski definition) is 7. The van der Waals surface area contributed by atoms with Gasteiger partial charge in [-0.2, -0.15) is 0 Å². The van der Waals surface area contributed by atoms with Crippen LogP contribution in [-0.2, 0) is 14.3 Å². The van der Waals surface area contributed by atoms with Gasteiger partial charge in [0.25, 0.3) is 0 Å². The van der Waals surface area contributed by atoms with Crippen molar-refractivity contribution in [2.45, 2.75) is 56.3 Å². The molecular formula is C16H27F2N5O3. The zero-order chi connectivity index (χ0) is 18.7. The van der Waals surface area contributed by atoms with Crippen molar-refractivity contribution in [1.29, 1.82) is 0 Å². The lowest BCUT2D eigenvalue weighted by Crippen LogP contribution is -2.63. The Morgan fingerprint density at radius 3 is 2.62 bits per heavy atom. The van der Waals surface area contributed by atoms with Crippen LogP contribution in [0.5, 0.6) is 0 Å². The van der Waals surface area contributed by atoms with Crippen LogP contribution in [-0.4, -0.2) is 74.2 Å². The highest BCUT2D eigenvalue weighted by Gasteiger charge is 2.45. The summed E-state index contributed by atoms with van der Waals surface area (Å²) < 4.78 is 32.6. The van der Waals surface area contributed by atoms with Crippen LogP contribution in [0, 0.1) is 5.92 Å². The Labute approximate surface area is 151 Å². The Kier molecular flexibility index (Phi) is 6.38. The minimum Gasteiger partial charge on any atom is -0.469 e. The number of carbonyl (C=O) groups is 2. The van der Waals surface area contributed by atoms with Crippen molar-refractivity contribution < 1.29 is 23.1 Å². The van der Waals surface area contributed by atoms with Gasteiger partial charge in [0.2, 0.25) is 5.91 Å². The summed E-state index contributed by atoms with van der Waals surface area (Å²) in [6.07, 6.45) is -1.99. The van der Waals surface area contributed by atoms with Crippen LogP contribution in [0.4, 0.5) is 8.78 Å². The molecule has 148 valence electrons. The number of hydrogen-bond donors (Lipinski definition) is 4. The molecule has 1 saturated carbocycles. The van der Waals surface area contributed by atoms with Crippen LogP contribution < -0.4 is 21.5 Å². The molecule has 0 aromatic rings. The van der Waals surface area contributed by atoms with Crippen molar-refractivity contribution in [2.75, 3.05) is 26.9 Å². The Morgan fingerprint density at radius 1 is 1.19 bits per heavy atom. The van der Waals surface area contributed by atoms with E-state index < -0.39 is 36.3 Å². The molecule has 0 aromatic heterocycles. The van der Waals surface area contributed by atoms with Crippen LogP contribution in [0.1, 0.15) is 25.7 Å². The highest BCUT2D eigenvalue weighted by atomic mass is 19.1. The first kappa shape index (κ1) is 19.4. The van der Waals surface area contributed by atoms with E-state index in [9.17, 15) is 18.4 Å². The number of carbonyl (C=O) groups excluding carboxylic acids is 2. The number of alkyl halides is 2. The van der Waals surface area contributed by atoms with Gasteiger partial charge in [0, 0.05) is 32.2 Å². The van der Waals surface area contributed by atoms with Crippen molar-refractivity contribution in [3.8, 4) is 0 Å². The second kappa shape index (κ2) is 8.55. The first-order chi connectivity index (χ1) is 12.5. The van der Waals surface area contributed by atoms with E-state index in [0.717, 1.165) is 33.3 Å². The third-order valence-corrected chi connectivity index (χ3v) is 5.42. The molecule has 1 aliphatic carbocycles. The van der Waals surface area contributed by atoms with Crippen LogP contribution in [0.25, 0.3) is 0 Å². The third-order valence-electron chi connectivity index (χ3n) is 5.42. The average molecular weight is 375 g/mol. The van der Waals surface area contributed by atoms with Gasteiger partial charge in [0.1, 0.15) is 24.3 Å². The minimum absolute atomic E-state index is 0.0891. The fourth-order valence-corrected chi connectivity index (χ4v) is 3.97. The Morgan fingerprint density at radius 2 is 2.00 bits per heavy atom. The van der Waals surface area contributed by atoms with Crippen LogP contribution in [0.2, 0.25) is 0 Å². The molecule has 3 fully saturated rings. The molecule has 2 aliphatic heterocycles. The smallest absolute Gasteiger partial charge is 0.313 e. The number of rotatable bonds is 4. The first-order valence-electron chi connectivity index (χ1n) is 9.11. The maximum absolute atomic E-state index is 14.2. The minimum atomic E-state index is -1.67. The van der Waals surface area contributed by atoms with Crippen LogP contribution >= 0.6 is 0 Å². The standard InChI is InChI=1S/C16H27F2N5O3/c1-26-16(25)14-10(18)6-9(17)7-12(14)20-15(24)11-2-3-13(22-21-11)23-5-4-19-8-23/h9-14,19,21-22H,2-8H2,1H3,(H,20,24). The van der Waals surface area contributed by atoms with Gasteiger partial charge in [0.05, 0.1) is 13.3 Å². The summed E-state index contributed by atoms with van der Waals surface area (Å²) in [5.74, 6) is -2.29. The second-order valence-corrected chi connectivity index (χ2v) is 7.15. The molecule has 8 nitrogen and oxygen atoms in total. The van der Waals surface area contributed by atoms with Crippen LogP contribution in [0.15, 0.2) is 0 Å². The van der Waals surface area contributed by atoms with Gasteiger partial charge in [-0.25, -0.2) is 19.6 Å². The lowest BCUT2D eigenvalue weighted by Gasteiger charge is -2.38. The quantitative estimate of drug-likeness (QED) is 0.477. The number of halogens is 2. The number of amides is 1. The highest BCUT2D eigenvalue weighted by molar-refractivity contribution is 5.83. The monoisotopic (exact) mass is 375 g/mol. The number of hydrazine groups is 1. The van der Waals surface area contributed by atoms with Gasteiger partial charge in [-0.05, 0) is 19.3 Å². The van der Waals surface area contributed by atoms with Crippen LogP contribution in [0.3, 0.4) is 0 Å². The van der Waals surface area contributed by atoms with Gasteiger partial charge < -0.3 is 15.4 Å². The lowest BCUT2D eigenvalue weighted by atomic mass is 9.81. The second-order valence-electron chi connectivity index (χ2n) is 7.15. The van der Waals surface area contributed by atoms with Gasteiger partial charge >= 0.3 is 5.97 Å². The maximum Gasteiger partial charge on any atom is 0.313 e. The molecular weight excluding hydrogens is 348 g/mol. The summed E-state index contributed by atoms with van der Waals surface area (Å²) in [5, 5.41) is 5.90. The van der Waals surface area contributed by atoms with Crippen molar-refractivity contribution in [1.82, 2.24) is 26.4 Å². The van der Waals surface area contributed by atoms with Gasteiger partial charge in [-0.15, -0.1) is 0 Å². The van der Waals surface area contributed by atoms with Crippen molar-refractivity contribution in [2.24, 2.45) is 5.92 Å². The molecule has 3 aliphatic rings. The molecule has 1 amide bonds. The number of ether oxygens (including phenoxy) is 1. The predicted octanol–water partition coefficient (Wildman–Crippen LogP) is -0.824. The summed E-state index contributed by atoms with van der Waals surface area (Å²) in [4.78, 5) is 26.6. The molecule has 0 spiro atoms. The fraction of sp³-hybridized carbons (Fsp3) is 0.875. The summed E-state index contributed by atoms with van der Waals surface area (Å²) in [6, 6.07) is -1.42. The maximum atomic E-state index is 14.2. The number of esters is 1. The molecule has 6 atom stereocenters. The van der Waals surface area contributed by atoms with Gasteiger partial charge in [-0.3, -0.25) is 14.5 Å². The normalized spacial score (nSPS) is 38.7. The lowest BCUT2D eigenvalue weighted by molar-refractivity contribution is -0.151. The van der Waals surface area contributed by atoms with Gasteiger partial charge in [0.15, 0.2) is 0 Å². The third kappa shape index (κ3) is 4.30. The number of methoxy groups -OCH3 is 1. The molecule has 6 unspecified atom stereocenters. The average Bonchev–Trinajstić information content (AvgIpc) is 3.15. The zero-order valence-corrected chi connectivity index (χ0v) is 14.8. The van der Waals surface area contributed by atoms with Crippen molar-refractivity contribution in [3.63, 3.8) is 0 Å². The SMILES string of the molecule is COC(=O)C1C(F)CC(F)CC1NC(=O)C1CCC(N2CCNC2)NN1. The van der Waals surface area contributed by atoms with E-state index >= 15 is 0 Å². The molecule has 10 heteroatoms. The van der Waals surface area contributed by atoms with E-state index in [1.807, 2.05) is 0 Å². The summed E-state index contributed by atoms with van der Waals surface area (Å²) in [7, 11) is 1.16. The molecule has 3 rings (SSSR count). The Hall–Kier alpha value is -1.36. The van der Waals surface area contributed by atoms with E-state index in [2.05, 4.69) is 31.1 Å². The summed E-state index contributed by atoms with van der Waals surface area (Å²) in [5.41, 5.74) is 6.11. The molecule has 26 heavy (non-hydrogen) atoms. The van der Waals surface area contributed by atoms with E-state index in [0.29, 0.717) is 6.42 Å². The summed E-state index contributed by atoms with van der Waals surface area (Å²) in [6.45, 7) is 2.68. The van der Waals surface area contributed by atoms with E-state index in [4.69, 9.17) is 0 Å². The molecule has 2 saturated heterocycles. The zero-order valence-electron chi connectivity index (χ0n) is 14.8. The fourth-order valence-electron chi connectivity index (χ4n) is 3.97. The molecule has 0 bridgehead atoms. The molecule has 4 N–H and O–H groups in total. The summed E-state index contributed by atoms with van der Waals surface area (Å²) >= 11 is 0. The van der Waals surface area contributed by atoms with E-state index in [1.165, 1.54) is 0 Å². The Balaban J connectivity index is 1.55. The Bertz CT molecular complexity index is 512.